The fourth-order valence-corrected chi connectivity index (χ4v) is 2.38. The van der Waals surface area contributed by atoms with E-state index in [4.69, 9.17) is 19.9 Å². The average molecular weight is 342 g/mol. The molecule has 1 aliphatic rings. The van der Waals surface area contributed by atoms with Crippen molar-refractivity contribution in [3.63, 3.8) is 0 Å². The number of carbonyl (C=O) groups excluding carboxylic acids is 1. The van der Waals surface area contributed by atoms with Crippen LogP contribution in [0.25, 0.3) is 0 Å². The minimum absolute atomic E-state index is 0.157. The number of carbonyl (C=O) groups is 1. The zero-order valence-electron chi connectivity index (χ0n) is 14.4. The topological polar surface area (TPSA) is 82.8 Å². The molecule has 0 spiro atoms. The van der Waals surface area contributed by atoms with Crippen molar-refractivity contribution in [3.05, 3.63) is 42.0 Å². The van der Waals surface area contributed by atoms with E-state index in [2.05, 4.69) is 19.2 Å². The Morgan fingerprint density at radius 1 is 1.20 bits per heavy atom. The first-order valence-electron chi connectivity index (χ1n) is 8.26. The third-order valence-electron chi connectivity index (χ3n) is 3.87. The van der Waals surface area contributed by atoms with Crippen LogP contribution in [0.1, 0.15) is 30.6 Å². The van der Waals surface area contributed by atoms with Gasteiger partial charge < -0.3 is 25.3 Å². The number of hydrogen-bond donors (Lipinski definition) is 2. The lowest BCUT2D eigenvalue weighted by atomic mass is 10.1. The van der Waals surface area contributed by atoms with Crippen LogP contribution in [0, 0.1) is 5.92 Å². The molecule has 3 rings (SSSR count). The number of benzene rings is 2. The Bertz CT molecular complexity index is 757. The summed E-state index contributed by atoms with van der Waals surface area (Å²) in [6.07, 6.45) is 0.992. The lowest BCUT2D eigenvalue weighted by Crippen LogP contribution is -2.13. The average Bonchev–Trinajstić information content (AvgIpc) is 3.02. The highest BCUT2D eigenvalue weighted by molar-refractivity contribution is 6.06. The molecular weight excluding hydrogens is 320 g/mol. The summed E-state index contributed by atoms with van der Waals surface area (Å²) in [6.45, 7) is 5.12. The van der Waals surface area contributed by atoms with Crippen molar-refractivity contribution in [2.75, 3.05) is 24.5 Å². The minimum Gasteiger partial charge on any atom is -0.494 e. The number of nitrogens with two attached hydrogens (primary N) is 1. The molecule has 0 radical (unpaired) electrons. The Kier molecular flexibility index (Phi) is 4.97. The molecule has 6 heteroatoms. The van der Waals surface area contributed by atoms with Crippen LogP contribution in [-0.2, 0) is 0 Å². The van der Waals surface area contributed by atoms with Crippen molar-refractivity contribution in [1.82, 2.24) is 0 Å². The Morgan fingerprint density at radius 3 is 2.56 bits per heavy atom. The first-order chi connectivity index (χ1) is 12.0. The van der Waals surface area contributed by atoms with Crippen LogP contribution in [0.4, 0.5) is 11.4 Å². The zero-order valence-corrected chi connectivity index (χ0v) is 14.4. The van der Waals surface area contributed by atoms with Gasteiger partial charge in [0.25, 0.3) is 5.91 Å². The maximum absolute atomic E-state index is 12.4. The van der Waals surface area contributed by atoms with E-state index in [0.29, 0.717) is 41.0 Å². The minimum atomic E-state index is -0.251. The van der Waals surface area contributed by atoms with Crippen molar-refractivity contribution < 1.29 is 19.0 Å². The molecule has 1 aliphatic heterocycles. The van der Waals surface area contributed by atoms with Crippen molar-refractivity contribution in [3.8, 4) is 17.2 Å². The highest BCUT2D eigenvalue weighted by Crippen LogP contribution is 2.38. The van der Waals surface area contributed by atoms with Gasteiger partial charge in [0.05, 0.1) is 18.0 Å². The van der Waals surface area contributed by atoms with Crippen molar-refractivity contribution in [2.24, 2.45) is 5.92 Å². The molecule has 0 bridgehead atoms. The normalized spacial score (nSPS) is 12.3. The first kappa shape index (κ1) is 17.0. The van der Waals surface area contributed by atoms with Gasteiger partial charge in [-0.05, 0) is 36.6 Å². The molecule has 25 heavy (non-hydrogen) atoms. The molecule has 0 aromatic heterocycles. The number of hydrogen-bond acceptors (Lipinski definition) is 5. The highest BCUT2D eigenvalue weighted by Gasteiger charge is 2.17. The largest absolute Gasteiger partial charge is 0.494 e. The van der Waals surface area contributed by atoms with E-state index in [9.17, 15) is 4.79 Å². The van der Waals surface area contributed by atoms with Crippen LogP contribution in [0.2, 0.25) is 0 Å². The van der Waals surface area contributed by atoms with Crippen molar-refractivity contribution in [2.45, 2.75) is 20.3 Å². The van der Waals surface area contributed by atoms with Gasteiger partial charge >= 0.3 is 0 Å². The van der Waals surface area contributed by atoms with E-state index in [1.165, 1.54) is 0 Å². The van der Waals surface area contributed by atoms with E-state index in [1.807, 2.05) is 0 Å². The van der Waals surface area contributed by atoms with Crippen molar-refractivity contribution >= 4 is 17.3 Å². The maximum Gasteiger partial charge on any atom is 0.255 e. The second-order valence-corrected chi connectivity index (χ2v) is 6.30. The summed E-state index contributed by atoms with van der Waals surface area (Å²) >= 11 is 0. The van der Waals surface area contributed by atoms with Crippen LogP contribution >= 0.6 is 0 Å². The SMILES string of the molecule is CC(C)CCOc1ccc(C(=O)Nc2cc3c(cc2N)OCO3)cc1. The molecule has 0 saturated carbocycles. The third-order valence-corrected chi connectivity index (χ3v) is 3.87. The standard InChI is InChI=1S/C19H22N2O4/c1-12(2)7-8-23-14-5-3-13(4-6-14)19(22)21-16-10-18-17(9-15(16)20)24-11-25-18/h3-6,9-10,12H,7-8,11,20H2,1-2H3,(H,21,22). The van der Waals surface area contributed by atoms with Gasteiger partial charge in [-0.25, -0.2) is 0 Å². The Morgan fingerprint density at radius 2 is 1.88 bits per heavy atom. The van der Waals surface area contributed by atoms with E-state index in [0.717, 1.165) is 12.2 Å². The summed E-state index contributed by atoms with van der Waals surface area (Å²) in [5, 5.41) is 2.79. The maximum atomic E-state index is 12.4. The number of amides is 1. The van der Waals surface area contributed by atoms with Crippen LogP contribution in [0.15, 0.2) is 36.4 Å². The lowest BCUT2D eigenvalue weighted by molar-refractivity contribution is 0.102. The van der Waals surface area contributed by atoms with Crippen LogP contribution in [0.3, 0.4) is 0 Å². The molecule has 0 fully saturated rings. The van der Waals surface area contributed by atoms with Crippen molar-refractivity contribution in [1.29, 1.82) is 0 Å². The number of rotatable bonds is 6. The molecule has 2 aromatic carbocycles. The van der Waals surface area contributed by atoms with E-state index in [-0.39, 0.29) is 12.7 Å². The molecule has 0 aliphatic carbocycles. The third kappa shape index (κ3) is 4.15. The number of ether oxygens (including phenoxy) is 3. The summed E-state index contributed by atoms with van der Waals surface area (Å²) in [5.74, 6) is 2.24. The summed E-state index contributed by atoms with van der Waals surface area (Å²) in [5.41, 5.74) is 7.39. The molecule has 0 atom stereocenters. The van der Waals surface area contributed by atoms with Crippen LogP contribution in [0.5, 0.6) is 17.2 Å². The summed E-state index contributed by atoms with van der Waals surface area (Å²) in [6, 6.07) is 10.3. The molecule has 3 N–H and O–H groups in total. The Hall–Kier alpha value is -2.89. The predicted octanol–water partition coefficient (Wildman–Crippen LogP) is 3.67. The molecule has 132 valence electrons. The molecule has 0 saturated heterocycles. The Balaban J connectivity index is 1.63. The second-order valence-electron chi connectivity index (χ2n) is 6.30. The van der Waals surface area contributed by atoms with E-state index < -0.39 is 0 Å². The van der Waals surface area contributed by atoms with Gasteiger partial charge in [0, 0.05) is 17.7 Å². The first-order valence-corrected chi connectivity index (χ1v) is 8.26. The summed E-state index contributed by atoms with van der Waals surface area (Å²) in [7, 11) is 0. The number of anilines is 2. The quantitative estimate of drug-likeness (QED) is 0.783. The number of nitrogens with one attached hydrogen (secondary N) is 1. The Labute approximate surface area is 146 Å². The summed E-state index contributed by atoms with van der Waals surface area (Å²) < 4.78 is 16.2. The molecule has 2 aromatic rings. The van der Waals surface area contributed by atoms with E-state index in [1.54, 1.807) is 36.4 Å². The molecule has 1 amide bonds. The van der Waals surface area contributed by atoms with Gasteiger partial charge in [-0.15, -0.1) is 0 Å². The molecule has 0 unspecified atom stereocenters. The predicted molar refractivity (Wildman–Crippen MR) is 96.3 cm³/mol. The van der Waals surface area contributed by atoms with Gasteiger partial charge in [-0.2, -0.15) is 0 Å². The van der Waals surface area contributed by atoms with Crippen LogP contribution < -0.4 is 25.3 Å². The number of nitrogen functional groups attached to an aromatic ring is 1. The highest BCUT2D eigenvalue weighted by atomic mass is 16.7. The second kappa shape index (κ2) is 7.34. The van der Waals surface area contributed by atoms with Gasteiger partial charge in [-0.1, -0.05) is 13.8 Å². The van der Waals surface area contributed by atoms with Gasteiger partial charge in [0.2, 0.25) is 6.79 Å². The van der Waals surface area contributed by atoms with E-state index >= 15 is 0 Å². The zero-order chi connectivity index (χ0) is 17.8. The monoisotopic (exact) mass is 342 g/mol. The fourth-order valence-electron chi connectivity index (χ4n) is 2.38. The molecule has 1 heterocycles. The van der Waals surface area contributed by atoms with Gasteiger partial charge in [-0.3, -0.25) is 4.79 Å². The van der Waals surface area contributed by atoms with Crippen LogP contribution in [-0.4, -0.2) is 19.3 Å². The fraction of sp³-hybridized carbons (Fsp3) is 0.316. The van der Waals surface area contributed by atoms with Gasteiger partial charge in [0.1, 0.15) is 5.75 Å². The number of fused-ring (bicyclic) bond motifs is 1. The lowest BCUT2D eigenvalue weighted by Gasteiger charge is -2.11. The molecular formula is C19H22N2O4. The molecule has 6 nitrogen and oxygen atoms in total. The smallest absolute Gasteiger partial charge is 0.255 e. The summed E-state index contributed by atoms with van der Waals surface area (Å²) in [4.78, 5) is 12.4. The van der Waals surface area contributed by atoms with Gasteiger partial charge in [0.15, 0.2) is 11.5 Å².